The molecule has 1 aliphatic heterocycles. The Labute approximate surface area is 149 Å². The normalized spacial score (nSPS) is 18.7. The van der Waals surface area contributed by atoms with Crippen LogP contribution in [0.2, 0.25) is 0 Å². The van der Waals surface area contributed by atoms with E-state index in [1.165, 1.54) is 0 Å². The monoisotopic (exact) mass is 366 g/mol. The standard InChI is InChI=1S/C18H26N2O4S/c1-3-14-6-5-7-15(12-14)19-17(21)8-9-18(22)20(4-2)16-10-11-25(23,24)13-16/h5-7,12,16H,3-4,8-11,13H2,1-2H3,(H,19,21)/t16-/m1/s1. The maximum atomic E-state index is 12.4. The van der Waals surface area contributed by atoms with Crippen LogP contribution in [-0.2, 0) is 25.8 Å². The van der Waals surface area contributed by atoms with Crippen LogP contribution in [0.1, 0.15) is 38.7 Å². The minimum atomic E-state index is -3.04. The van der Waals surface area contributed by atoms with E-state index in [-0.39, 0.29) is 42.2 Å². The van der Waals surface area contributed by atoms with E-state index in [0.29, 0.717) is 13.0 Å². The SMILES string of the molecule is CCc1cccc(NC(=O)CCC(=O)N(CC)[C@@H]2CCS(=O)(=O)C2)c1. The second kappa shape index (κ2) is 8.47. The van der Waals surface area contributed by atoms with Gasteiger partial charge in [0.25, 0.3) is 0 Å². The molecule has 0 saturated carbocycles. The van der Waals surface area contributed by atoms with Crippen molar-refractivity contribution in [1.82, 2.24) is 4.90 Å². The summed E-state index contributed by atoms with van der Waals surface area (Å²) >= 11 is 0. The van der Waals surface area contributed by atoms with E-state index < -0.39 is 9.84 Å². The Morgan fingerprint density at radius 3 is 2.60 bits per heavy atom. The van der Waals surface area contributed by atoms with Gasteiger partial charge >= 0.3 is 0 Å². The Balaban J connectivity index is 1.86. The minimum absolute atomic E-state index is 0.0303. The second-order valence-electron chi connectivity index (χ2n) is 6.34. The van der Waals surface area contributed by atoms with E-state index in [2.05, 4.69) is 5.32 Å². The highest BCUT2D eigenvalue weighted by Gasteiger charge is 2.33. The smallest absolute Gasteiger partial charge is 0.224 e. The van der Waals surface area contributed by atoms with Crippen molar-refractivity contribution in [1.29, 1.82) is 0 Å². The van der Waals surface area contributed by atoms with Crippen LogP contribution in [-0.4, -0.2) is 49.2 Å². The van der Waals surface area contributed by atoms with E-state index in [1.807, 2.05) is 38.1 Å². The van der Waals surface area contributed by atoms with Crippen LogP contribution in [0.4, 0.5) is 5.69 Å². The van der Waals surface area contributed by atoms with Gasteiger partial charge in [-0.15, -0.1) is 0 Å². The first-order valence-electron chi connectivity index (χ1n) is 8.73. The molecule has 1 saturated heterocycles. The van der Waals surface area contributed by atoms with Crippen molar-refractivity contribution in [2.75, 3.05) is 23.4 Å². The van der Waals surface area contributed by atoms with Crippen molar-refractivity contribution in [3.63, 3.8) is 0 Å². The summed E-state index contributed by atoms with van der Waals surface area (Å²) in [6.07, 6.45) is 1.55. The molecule has 0 aliphatic carbocycles. The Bertz CT molecular complexity index is 730. The molecule has 1 heterocycles. The number of nitrogens with zero attached hydrogens (tertiary/aromatic N) is 1. The molecule has 1 aliphatic rings. The van der Waals surface area contributed by atoms with Crippen molar-refractivity contribution < 1.29 is 18.0 Å². The van der Waals surface area contributed by atoms with Gasteiger partial charge in [-0.2, -0.15) is 0 Å². The Morgan fingerprint density at radius 2 is 2.00 bits per heavy atom. The predicted molar refractivity (Wildman–Crippen MR) is 98.1 cm³/mol. The fourth-order valence-corrected chi connectivity index (χ4v) is 4.85. The fraction of sp³-hybridized carbons (Fsp3) is 0.556. The Kier molecular flexibility index (Phi) is 6.58. The zero-order valence-electron chi connectivity index (χ0n) is 14.8. The van der Waals surface area contributed by atoms with Crippen LogP contribution < -0.4 is 5.32 Å². The molecular weight excluding hydrogens is 340 g/mol. The topological polar surface area (TPSA) is 83.6 Å². The number of benzene rings is 1. The third kappa shape index (κ3) is 5.56. The number of sulfone groups is 1. The summed E-state index contributed by atoms with van der Waals surface area (Å²) in [4.78, 5) is 26.0. The minimum Gasteiger partial charge on any atom is -0.339 e. The summed E-state index contributed by atoms with van der Waals surface area (Å²) in [7, 11) is -3.04. The van der Waals surface area contributed by atoms with Crippen LogP contribution in [0.15, 0.2) is 24.3 Å². The van der Waals surface area contributed by atoms with Gasteiger partial charge in [-0.1, -0.05) is 19.1 Å². The molecule has 0 radical (unpaired) electrons. The number of amides is 2. The molecule has 0 spiro atoms. The van der Waals surface area contributed by atoms with E-state index in [4.69, 9.17) is 0 Å². The van der Waals surface area contributed by atoms with Gasteiger partial charge in [0.05, 0.1) is 11.5 Å². The van der Waals surface area contributed by atoms with Crippen LogP contribution in [0.3, 0.4) is 0 Å². The number of carbonyl (C=O) groups excluding carboxylic acids is 2. The molecule has 1 aromatic carbocycles. The maximum absolute atomic E-state index is 12.4. The number of anilines is 1. The summed E-state index contributed by atoms with van der Waals surface area (Å²) in [6, 6.07) is 7.36. The first kappa shape index (κ1) is 19.4. The number of nitrogens with one attached hydrogen (secondary N) is 1. The molecule has 1 N–H and O–H groups in total. The highest BCUT2D eigenvalue weighted by Crippen LogP contribution is 2.19. The lowest BCUT2D eigenvalue weighted by Gasteiger charge is -2.26. The van der Waals surface area contributed by atoms with Gasteiger partial charge in [-0.25, -0.2) is 8.42 Å². The van der Waals surface area contributed by atoms with Crippen molar-refractivity contribution in [3.05, 3.63) is 29.8 Å². The number of hydrogen-bond acceptors (Lipinski definition) is 4. The van der Waals surface area contributed by atoms with Crippen LogP contribution in [0.25, 0.3) is 0 Å². The second-order valence-corrected chi connectivity index (χ2v) is 8.57. The first-order valence-corrected chi connectivity index (χ1v) is 10.6. The van der Waals surface area contributed by atoms with E-state index >= 15 is 0 Å². The average molecular weight is 366 g/mol. The zero-order valence-corrected chi connectivity index (χ0v) is 15.6. The van der Waals surface area contributed by atoms with Gasteiger partial charge in [-0.3, -0.25) is 9.59 Å². The summed E-state index contributed by atoms with van der Waals surface area (Å²) in [5.74, 6) is -0.211. The van der Waals surface area contributed by atoms with Crippen LogP contribution in [0, 0.1) is 0 Å². The van der Waals surface area contributed by atoms with E-state index in [9.17, 15) is 18.0 Å². The molecule has 1 aromatic rings. The molecule has 0 unspecified atom stereocenters. The third-order valence-electron chi connectivity index (χ3n) is 4.50. The lowest BCUT2D eigenvalue weighted by molar-refractivity contribution is -0.134. The predicted octanol–water partition coefficient (Wildman–Crippen LogP) is 2.00. The molecular formula is C18H26N2O4S. The van der Waals surface area contributed by atoms with Gasteiger partial charge in [0.15, 0.2) is 9.84 Å². The third-order valence-corrected chi connectivity index (χ3v) is 6.25. The number of rotatable bonds is 7. The van der Waals surface area contributed by atoms with E-state index in [0.717, 1.165) is 17.7 Å². The molecule has 2 amide bonds. The van der Waals surface area contributed by atoms with Gasteiger partial charge in [0, 0.05) is 31.1 Å². The summed E-state index contributed by atoms with van der Waals surface area (Å²) < 4.78 is 23.2. The summed E-state index contributed by atoms with van der Waals surface area (Å²) in [5.41, 5.74) is 1.86. The molecule has 7 heteroatoms. The molecule has 2 rings (SSSR count). The lowest BCUT2D eigenvalue weighted by atomic mass is 10.1. The molecule has 25 heavy (non-hydrogen) atoms. The Morgan fingerprint density at radius 1 is 1.24 bits per heavy atom. The highest BCUT2D eigenvalue weighted by atomic mass is 32.2. The first-order chi connectivity index (χ1) is 11.8. The van der Waals surface area contributed by atoms with Crippen LogP contribution >= 0.6 is 0 Å². The van der Waals surface area contributed by atoms with Crippen molar-refractivity contribution in [2.45, 2.75) is 45.6 Å². The number of hydrogen-bond donors (Lipinski definition) is 1. The van der Waals surface area contributed by atoms with Gasteiger partial charge in [0.2, 0.25) is 11.8 Å². The van der Waals surface area contributed by atoms with Crippen molar-refractivity contribution >= 4 is 27.3 Å². The van der Waals surface area contributed by atoms with Gasteiger partial charge in [0.1, 0.15) is 0 Å². The quantitative estimate of drug-likeness (QED) is 0.800. The average Bonchev–Trinajstić information content (AvgIpc) is 2.93. The highest BCUT2D eigenvalue weighted by molar-refractivity contribution is 7.91. The van der Waals surface area contributed by atoms with Crippen molar-refractivity contribution in [2.24, 2.45) is 0 Å². The Hall–Kier alpha value is -1.89. The molecule has 138 valence electrons. The van der Waals surface area contributed by atoms with E-state index in [1.54, 1.807) is 4.90 Å². The summed E-state index contributed by atoms with van der Waals surface area (Å²) in [5, 5.41) is 2.81. The molecule has 0 aromatic heterocycles. The molecule has 0 bridgehead atoms. The maximum Gasteiger partial charge on any atom is 0.224 e. The molecule has 6 nitrogen and oxygen atoms in total. The van der Waals surface area contributed by atoms with Gasteiger partial charge < -0.3 is 10.2 Å². The lowest BCUT2D eigenvalue weighted by Crippen LogP contribution is -2.41. The van der Waals surface area contributed by atoms with Crippen molar-refractivity contribution in [3.8, 4) is 0 Å². The van der Waals surface area contributed by atoms with Gasteiger partial charge in [-0.05, 0) is 37.5 Å². The zero-order chi connectivity index (χ0) is 18.4. The number of aryl methyl sites for hydroxylation is 1. The molecule has 1 atom stereocenters. The fourth-order valence-electron chi connectivity index (χ4n) is 3.12. The molecule has 1 fully saturated rings. The largest absolute Gasteiger partial charge is 0.339 e. The number of carbonyl (C=O) groups is 2. The van der Waals surface area contributed by atoms with Crippen LogP contribution in [0.5, 0.6) is 0 Å². The summed E-state index contributed by atoms with van der Waals surface area (Å²) in [6.45, 7) is 4.33.